The summed E-state index contributed by atoms with van der Waals surface area (Å²) >= 11 is 15.9. The molecule has 5 heteroatoms. The molecule has 0 spiro atoms. The summed E-state index contributed by atoms with van der Waals surface area (Å²) in [4.78, 5) is 1.18. The first-order valence-electron chi connectivity index (χ1n) is 5.06. The second kappa shape index (κ2) is 6.37. The minimum absolute atomic E-state index is 0.506. The van der Waals surface area contributed by atoms with Crippen molar-refractivity contribution in [2.24, 2.45) is 0 Å². The first-order valence-corrected chi connectivity index (χ1v) is 8.12. The summed E-state index contributed by atoms with van der Waals surface area (Å²) in [7, 11) is 0. The molecule has 0 N–H and O–H groups in total. The van der Waals surface area contributed by atoms with Crippen LogP contribution in [0.2, 0.25) is 10.0 Å². The number of halogens is 3. The smallest absolute Gasteiger partial charge is 0.146 e. The van der Waals surface area contributed by atoms with Crippen molar-refractivity contribution >= 4 is 57.6 Å². The van der Waals surface area contributed by atoms with Gasteiger partial charge >= 0.3 is 0 Å². The van der Waals surface area contributed by atoms with Gasteiger partial charge in [0.2, 0.25) is 0 Å². The molecule has 0 aliphatic heterocycles. The normalized spacial score (nSPS) is 10.4. The van der Waals surface area contributed by atoms with E-state index in [1.54, 1.807) is 30.0 Å². The van der Waals surface area contributed by atoms with Crippen LogP contribution in [0.4, 0.5) is 0 Å². The molecule has 0 atom stereocenters. The van der Waals surface area contributed by atoms with E-state index in [4.69, 9.17) is 27.9 Å². The molecule has 0 bridgehead atoms. The van der Waals surface area contributed by atoms with Gasteiger partial charge in [-0.1, -0.05) is 23.2 Å². The van der Waals surface area contributed by atoms with Gasteiger partial charge in [-0.25, -0.2) is 0 Å². The van der Waals surface area contributed by atoms with Crippen LogP contribution in [-0.4, -0.2) is 6.26 Å². The standard InChI is InChI=1S/C13H9Cl2IOS/c1-18-13-7-9(3-4-11(13)16)17-12-5-2-8(14)6-10(12)15/h2-7H,1H3. The minimum Gasteiger partial charge on any atom is -0.456 e. The van der Waals surface area contributed by atoms with Crippen LogP contribution in [-0.2, 0) is 0 Å². The third-order valence-corrected chi connectivity index (χ3v) is 4.86. The van der Waals surface area contributed by atoms with Crippen molar-refractivity contribution in [1.29, 1.82) is 0 Å². The van der Waals surface area contributed by atoms with Gasteiger partial charge in [-0.2, -0.15) is 0 Å². The van der Waals surface area contributed by atoms with Crippen LogP contribution in [0, 0.1) is 3.57 Å². The molecule has 0 saturated carbocycles. The topological polar surface area (TPSA) is 9.23 Å². The second-order valence-corrected chi connectivity index (χ2v) is 6.33. The number of hydrogen-bond acceptors (Lipinski definition) is 2. The van der Waals surface area contributed by atoms with Crippen LogP contribution in [0.3, 0.4) is 0 Å². The number of hydrogen-bond donors (Lipinski definition) is 0. The fourth-order valence-electron chi connectivity index (χ4n) is 1.39. The molecule has 0 heterocycles. The van der Waals surface area contributed by atoms with Crippen molar-refractivity contribution in [2.45, 2.75) is 4.90 Å². The molecule has 0 aliphatic carbocycles. The van der Waals surface area contributed by atoms with E-state index in [9.17, 15) is 0 Å². The third kappa shape index (κ3) is 3.47. The number of thioether (sulfide) groups is 1. The lowest BCUT2D eigenvalue weighted by Gasteiger charge is -2.09. The molecule has 18 heavy (non-hydrogen) atoms. The van der Waals surface area contributed by atoms with Gasteiger partial charge < -0.3 is 4.74 Å². The quantitative estimate of drug-likeness (QED) is 0.445. The van der Waals surface area contributed by atoms with Gasteiger partial charge in [-0.05, 0) is 65.2 Å². The van der Waals surface area contributed by atoms with Crippen molar-refractivity contribution in [3.05, 3.63) is 50.0 Å². The van der Waals surface area contributed by atoms with E-state index in [0.717, 1.165) is 5.75 Å². The van der Waals surface area contributed by atoms with Gasteiger partial charge in [-0.3, -0.25) is 0 Å². The van der Waals surface area contributed by atoms with Gasteiger partial charge in [0, 0.05) is 13.5 Å². The van der Waals surface area contributed by atoms with E-state index in [-0.39, 0.29) is 0 Å². The molecule has 0 amide bonds. The molecule has 0 aromatic heterocycles. The summed E-state index contributed by atoms with van der Waals surface area (Å²) in [5.41, 5.74) is 0. The van der Waals surface area contributed by atoms with Crippen molar-refractivity contribution in [1.82, 2.24) is 0 Å². The van der Waals surface area contributed by atoms with E-state index < -0.39 is 0 Å². The second-order valence-electron chi connectivity index (χ2n) is 3.47. The van der Waals surface area contributed by atoms with E-state index >= 15 is 0 Å². The maximum Gasteiger partial charge on any atom is 0.146 e. The maximum absolute atomic E-state index is 6.07. The molecule has 2 aromatic carbocycles. The molecular formula is C13H9Cl2IOS. The highest BCUT2D eigenvalue weighted by atomic mass is 127. The lowest BCUT2D eigenvalue weighted by Crippen LogP contribution is -1.87. The Morgan fingerprint density at radius 3 is 2.56 bits per heavy atom. The monoisotopic (exact) mass is 410 g/mol. The molecule has 2 rings (SSSR count). The van der Waals surface area contributed by atoms with Gasteiger partial charge in [0.05, 0.1) is 5.02 Å². The van der Waals surface area contributed by atoms with Crippen molar-refractivity contribution in [3.63, 3.8) is 0 Å². The Kier molecular flexibility index (Phi) is 5.06. The Balaban J connectivity index is 2.28. The average Bonchev–Trinajstić information content (AvgIpc) is 2.35. The first-order chi connectivity index (χ1) is 8.60. The van der Waals surface area contributed by atoms with Crippen LogP contribution in [0.15, 0.2) is 41.3 Å². The fourth-order valence-corrected chi connectivity index (χ4v) is 3.33. The van der Waals surface area contributed by atoms with Gasteiger partial charge in [0.15, 0.2) is 0 Å². The zero-order valence-corrected chi connectivity index (χ0v) is 13.9. The number of rotatable bonds is 3. The van der Waals surface area contributed by atoms with Gasteiger partial charge in [-0.15, -0.1) is 11.8 Å². The first kappa shape index (κ1) is 14.3. The predicted molar refractivity (Wildman–Crippen MR) is 87.5 cm³/mol. The SMILES string of the molecule is CSc1cc(Oc2ccc(Cl)cc2Cl)ccc1I. The summed E-state index contributed by atoms with van der Waals surface area (Å²) in [6.07, 6.45) is 2.04. The molecular weight excluding hydrogens is 402 g/mol. The summed E-state index contributed by atoms with van der Waals surface area (Å²) in [6, 6.07) is 11.1. The Labute approximate surface area is 134 Å². The Morgan fingerprint density at radius 2 is 1.89 bits per heavy atom. The van der Waals surface area contributed by atoms with Crippen LogP contribution in [0.25, 0.3) is 0 Å². The Bertz CT molecular complexity index is 575. The molecule has 0 unspecified atom stereocenters. The number of benzene rings is 2. The molecule has 2 aromatic rings. The molecule has 0 fully saturated rings. The highest BCUT2D eigenvalue weighted by molar-refractivity contribution is 14.1. The van der Waals surface area contributed by atoms with Crippen LogP contribution >= 0.6 is 57.6 Å². The highest BCUT2D eigenvalue weighted by Crippen LogP contribution is 2.34. The van der Waals surface area contributed by atoms with Crippen molar-refractivity contribution in [3.8, 4) is 11.5 Å². The summed E-state index contributed by atoms with van der Waals surface area (Å²) in [6.45, 7) is 0. The average molecular weight is 411 g/mol. The van der Waals surface area contributed by atoms with Crippen molar-refractivity contribution < 1.29 is 4.74 Å². The molecule has 0 radical (unpaired) electrons. The summed E-state index contributed by atoms with van der Waals surface area (Å²) < 4.78 is 6.96. The van der Waals surface area contributed by atoms with Crippen molar-refractivity contribution in [2.75, 3.05) is 6.26 Å². The maximum atomic E-state index is 6.07. The lowest BCUT2D eigenvalue weighted by atomic mass is 10.3. The zero-order chi connectivity index (χ0) is 13.1. The molecule has 1 nitrogen and oxygen atoms in total. The Morgan fingerprint density at radius 1 is 1.11 bits per heavy atom. The van der Waals surface area contributed by atoms with Crippen LogP contribution < -0.4 is 4.74 Å². The van der Waals surface area contributed by atoms with Crippen LogP contribution in [0.5, 0.6) is 11.5 Å². The number of ether oxygens (including phenoxy) is 1. The highest BCUT2D eigenvalue weighted by Gasteiger charge is 2.06. The summed E-state index contributed by atoms with van der Waals surface area (Å²) in [5.74, 6) is 1.37. The zero-order valence-electron chi connectivity index (χ0n) is 9.41. The third-order valence-electron chi connectivity index (χ3n) is 2.24. The van der Waals surface area contributed by atoms with E-state index in [1.807, 2.05) is 24.5 Å². The molecule has 0 aliphatic rings. The largest absolute Gasteiger partial charge is 0.456 e. The van der Waals surface area contributed by atoms with E-state index in [2.05, 4.69) is 22.6 Å². The van der Waals surface area contributed by atoms with E-state index in [0.29, 0.717) is 15.8 Å². The molecule has 0 saturated heterocycles. The van der Waals surface area contributed by atoms with Gasteiger partial charge in [0.1, 0.15) is 11.5 Å². The van der Waals surface area contributed by atoms with E-state index in [1.165, 1.54) is 8.47 Å². The lowest BCUT2D eigenvalue weighted by molar-refractivity contribution is 0.481. The van der Waals surface area contributed by atoms with Gasteiger partial charge in [0.25, 0.3) is 0 Å². The van der Waals surface area contributed by atoms with Crippen LogP contribution in [0.1, 0.15) is 0 Å². The Hall–Kier alpha value is -0.100. The summed E-state index contributed by atoms with van der Waals surface area (Å²) in [5, 5.41) is 1.10. The predicted octanol–water partition coefficient (Wildman–Crippen LogP) is 6.11. The minimum atomic E-state index is 0.506. The molecule has 94 valence electrons. The fraction of sp³-hybridized carbons (Fsp3) is 0.0769.